The van der Waals surface area contributed by atoms with Crippen molar-refractivity contribution in [3.63, 3.8) is 0 Å². The number of rotatable bonds is 5. The third-order valence-corrected chi connectivity index (χ3v) is 8.88. The first-order valence-electron chi connectivity index (χ1n) is 14.3. The molecule has 0 spiro atoms. The monoisotopic (exact) mass is 536 g/mol. The summed E-state index contributed by atoms with van der Waals surface area (Å²) in [6.45, 7) is 3.80. The smallest absolute Gasteiger partial charge is 0.368 e. The summed E-state index contributed by atoms with van der Waals surface area (Å²) in [7, 11) is 0. The van der Waals surface area contributed by atoms with Crippen molar-refractivity contribution in [1.29, 1.82) is 0 Å². The van der Waals surface area contributed by atoms with E-state index in [1.165, 1.54) is 6.07 Å². The van der Waals surface area contributed by atoms with Crippen LogP contribution in [0.1, 0.15) is 76.2 Å². The number of amides is 2. The van der Waals surface area contributed by atoms with Crippen LogP contribution in [-0.4, -0.2) is 77.6 Å². The van der Waals surface area contributed by atoms with Crippen molar-refractivity contribution in [3.05, 3.63) is 23.9 Å². The van der Waals surface area contributed by atoms with Crippen molar-refractivity contribution in [3.8, 4) is 0 Å². The van der Waals surface area contributed by atoms with Crippen molar-refractivity contribution in [2.24, 2.45) is 5.92 Å². The summed E-state index contributed by atoms with van der Waals surface area (Å²) in [5.41, 5.74) is -0.801. The number of nitrogens with zero attached hydrogens (tertiary/aromatic N) is 4. The largest absolute Gasteiger partial charge is 0.417 e. The molecule has 0 aromatic carbocycles. The van der Waals surface area contributed by atoms with Crippen LogP contribution < -0.4 is 4.90 Å². The highest BCUT2D eigenvalue weighted by Crippen LogP contribution is 2.34. The van der Waals surface area contributed by atoms with Gasteiger partial charge < -0.3 is 14.5 Å². The van der Waals surface area contributed by atoms with Crippen LogP contribution in [-0.2, 0) is 20.5 Å². The van der Waals surface area contributed by atoms with Crippen LogP contribution in [0, 0.1) is 5.92 Å². The highest BCUT2D eigenvalue weighted by atomic mass is 19.4. The summed E-state index contributed by atoms with van der Waals surface area (Å²) >= 11 is 0. The molecule has 1 saturated carbocycles. The molecule has 210 valence electrons. The topological polar surface area (TPSA) is 66.0 Å². The maximum Gasteiger partial charge on any atom is 0.417 e. The molecule has 3 saturated heterocycles. The lowest BCUT2D eigenvalue weighted by molar-refractivity contribution is -0.142. The van der Waals surface area contributed by atoms with Gasteiger partial charge in [0, 0.05) is 57.0 Å². The van der Waals surface area contributed by atoms with E-state index in [9.17, 15) is 22.8 Å². The highest BCUT2D eigenvalue weighted by Gasteiger charge is 2.38. The van der Waals surface area contributed by atoms with Gasteiger partial charge in [0.1, 0.15) is 11.9 Å². The Labute approximate surface area is 222 Å². The van der Waals surface area contributed by atoms with Crippen LogP contribution >= 0.6 is 0 Å². The molecular weight excluding hydrogens is 497 g/mol. The molecule has 38 heavy (non-hydrogen) atoms. The Hall–Kier alpha value is -2.20. The summed E-state index contributed by atoms with van der Waals surface area (Å²) in [6.07, 6.45) is 6.06. The number of anilines is 1. The van der Waals surface area contributed by atoms with Gasteiger partial charge in [0.25, 0.3) is 5.91 Å². The van der Waals surface area contributed by atoms with E-state index in [0.717, 1.165) is 109 Å². The zero-order valence-electron chi connectivity index (χ0n) is 22.0. The molecule has 0 N–H and O–H groups in total. The summed E-state index contributed by atoms with van der Waals surface area (Å²) in [4.78, 5) is 36.6. The lowest BCUT2D eigenvalue weighted by atomic mass is 9.87. The van der Waals surface area contributed by atoms with Crippen LogP contribution in [0.25, 0.3) is 0 Å². The Bertz CT molecular complexity index is 945. The molecule has 10 heteroatoms. The summed E-state index contributed by atoms with van der Waals surface area (Å²) < 4.78 is 45.0. The molecule has 5 rings (SSSR count). The van der Waals surface area contributed by atoms with Crippen LogP contribution in [0.4, 0.5) is 19.0 Å². The fourth-order valence-electron chi connectivity index (χ4n) is 6.66. The molecule has 4 aliphatic rings. The first-order chi connectivity index (χ1) is 18.3. The average molecular weight is 537 g/mol. The maximum atomic E-state index is 13.7. The quantitative estimate of drug-likeness (QED) is 0.548. The molecule has 0 unspecified atom stereocenters. The predicted molar refractivity (Wildman–Crippen MR) is 136 cm³/mol. The number of ether oxygens (including phenoxy) is 1. The van der Waals surface area contributed by atoms with Crippen LogP contribution in [0.3, 0.4) is 0 Å². The molecular formula is C28H39F3N4O3. The van der Waals surface area contributed by atoms with Gasteiger partial charge in [0.2, 0.25) is 5.91 Å². The normalized spacial score (nSPS) is 25.0. The van der Waals surface area contributed by atoms with E-state index in [1.807, 2.05) is 4.90 Å². The molecule has 2 amide bonds. The average Bonchev–Trinajstić information content (AvgIpc) is 3.49. The number of hydrogen-bond donors (Lipinski definition) is 0. The third-order valence-electron chi connectivity index (χ3n) is 8.88. The first-order valence-corrected chi connectivity index (χ1v) is 14.3. The number of aromatic nitrogens is 1. The Balaban J connectivity index is 1.21. The van der Waals surface area contributed by atoms with Gasteiger partial charge in [-0.15, -0.1) is 0 Å². The van der Waals surface area contributed by atoms with Crippen molar-refractivity contribution in [1.82, 2.24) is 14.8 Å². The van der Waals surface area contributed by atoms with E-state index in [0.29, 0.717) is 18.5 Å². The minimum absolute atomic E-state index is 0.0105. The molecule has 0 radical (unpaired) electrons. The molecule has 1 aromatic heterocycles. The number of carbonyl (C=O) groups excluding carboxylic acids is 2. The SMILES string of the molecule is O=C([C@@H]1CCCO1)N1CCC(N2CCC(N(C(=O)C3CCCCC3)c3ccc(C(F)(F)F)cn3)CC2)CC1. The lowest BCUT2D eigenvalue weighted by Gasteiger charge is -2.44. The van der Waals surface area contributed by atoms with Gasteiger partial charge >= 0.3 is 6.18 Å². The number of alkyl halides is 3. The van der Waals surface area contributed by atoms with E-state index in [4.69, 9.17) is 4.74 Å². The Morgan fingerprint density at radius 1 is 0.895 bits per heavy atom. The Morgan fingerprint density at radius 3 is 2.18 bits per heavy atom. The standard InChI is InChI=1S/C28H39F3N4O3/c29-28(30,31)21-8-9-25(32-19-21)35(26(36)20-5-2-1-3-6-20)23-12-14-33(15-13-23)22-10-16-34(17-11-22)27(37)24-7-4-18-38-24/h8-9,19-20,22-24H,1-7,10-18H2/t24-/m0/s1. The zero-order valence-corrected chi connectivity index (χ0v) is 22.0. The number of hydrogen-bond acceptors (Lipinski definition) is 5. The van der Waals surface area contributed by atoms with Crippen molar-refractivity contribution >= 4 is 17.6 Å². The molecule has 1 atom stereocenters. The van der Waals surface area contributed by atoms with Gasteiger partial charge in [0.05, 0.1) is 5.56 Å². The second-order valence-corrected chi connectivity index (χ2v) is 11.3. The van der Waals surface area contributed by atoms with E-state index < -0.39 is 11.7 Å². The second-order valence-electron chi connectivity index (χ2n) is 11.3. The summed E-state index contributed by atoms with van der Waals surface area (Å²) in [5.74, 6) is 0.376. The highest BCUT2D eigenvalue weighted by molar-refractivity contribution is 5.94. The van der Waals surface area contributed by atoms with Crippen LogP contribution in [0.15, 0.2) is 18.3 Å². The minimum Gasteiger partial charge on any atom is -0.368 e. The van der Waals surface area contributed by atoms with Crippen molar-refractivity contribution < 1.29 is 27.5 Å². The Kier molecular flexibility index (Phi) is 8.57. The number of likely N-dealkylation sites (tertiary alicyclic amines) is 2. The lowest BCUT2D eigenvalue weighted by Crippen LogP contribution is -2.54. The number of pyridine rings is 1. The Morgan fingerprint density at radius 2 is 1.61 bits per heavy atom. The van der Waals surface area contributed by atoms with Gasteiger partial charge in [-0.2, -0.15) is 13.2 Å². The predicted octanol–water partition coefficient (Wildman–Crippen LogP) is 4.65. The number of carbonyl (C=O) groups is 2. The van der Waals surface area contributed by atoms with Gasteiger partial charge in [-0.1, -0.05) is 19.3 Å². The fraction of sp³-hybridized carbons (Fsp3) is 0.750. The first kappa shape index (κ1) is 27.4. The molecule has 4 fully saturated rings. The molecule has 3 aliphatic heterocycles. The van der Waals surface area contributed by atoms with Crippen molar-refractivity contribution in [2.75, 3.05) is 37.7 Å². The van der Waals surface area contributed by atoms with Gasteiger partial charge in [-0.3, -0.25) is 14.5 Å². The molecule has 7 nitrogen and oxygen atoms in total. The molecule has 1 aromatic rings. The molecule has 1 aliphatic carbocycles. The fourth-order valence-corrected chi connectivity index (χ4v) is 6.66. The number of piperidine rings is 2. The molecule has 0 bridgehead atoms. The minimum atomic E-state index is -4.46. The van der Waals surface area contributed by atoms with E-state index in [2.05, 4.69) is 9.88 Å². The maximum absolute atomic E-state index is 13.7. The van der Waals surface area contributed by atoms with Crippen LogP contribution in [0.2, 0.25) is 0 Å². The number of halogens is 3. The third kappa shape index (κ3) is 6.17. The van der Waals surface area contributed by atoms with Crippen molar-refractivity contribution in [2.45, 2.75) is 95.0 Å². The van der Waals surface area contributed by atoms with E-state index in [1.54, 1.807) is 4.90 Å². The zero-order chi connectivity index (χ0) is 26.7. The summed E-state index contributed by atoms with van der Waals surface area (Å²) in [5, 5.41) is 0. The molecule has 4 heterocycles. The van der Waals surface area contributed by atoms with E-state index >= 15 is 0 Å². The van der Waals surface area contributed by atoms with Gasteiger partial charge in [-0.05, 0) is 63.5 Å². The van der Waals surface area contributed by atoms with Gasteiger partial charge in [-0.25, -0.2) is 4.98 Å². The van der Waals surface area contributed by atoms with Gasteiger partial charge in [0.15, 0.2) is 0 Å². The summed E-state index contributed by atoms with van der Waals surface area (Å²) in [6, 6.07) is 2.71. The second kappa shape index (κ2) is 11.9. The van der Waals surface area contributed by atoms with E-state index in [-0.39, 0.29) is 29.9 Å². The van der Waals surface area contributed by atoms with Crippen LogP contribution in [0.5, 0.6) is 0 Å².